The zero-order chi connectivity index (χ0) is 13.0. The van der Waals surface area contributed by atoms with Gasteiger partial charge in [-0.05, 0) is 43.3 Å². The van der Waals surface area contributed by atoms with Gasteiger partial charge in [-0.3, -0.25) is 0 Å². The van der Waals surface area contributed by atoms with Crippen LogP contribution in [0.15, 0.2) is 18.2 Å². The number of anilines is 1. The summed E-state index contributed by atoms with van der Waals surface area (Å²) in [5.41, 5.74) is 0.732. The molecule has 1 heterocycles. The first kappa shape index (κ1) is 13.6. The van der Waals surface area contributed by atoms with E-state index in [-0.39, 0.29) is 5.02 Å². The third-order valence-electron chi connectivity index (χ3n) is 3.06. The van der Waals surface area contributed by atoms with Crippen LogP contribution in [0.5, 0.6) is 0 Å². The van der Waals surface area contributed by atoms with E-state index in [1.54, 1.807) is 12.1 Å². The van der Waals surface area contributed by atoms with Gasteiger partial charge in [0.25, 0.3) is 0 Å². The van der Waals surface area contributed by atoms with Crippen molar-refractivity contribution in [3.63, 3.8) is 0 Å². The van der Waals surface area contributed by atoms with Crippen LogP contribution in [-0.2, 0) is 0 Å². The van der Waals surface area contributed by atoms with Crippen LogP contribution in [0.25, 0.3) is 0 Å². The summed E-state index contributed by atoms with van der Waals surface area (Å²) < 4.78 is 13.0. The van der Waals surface area contributed by atoms with Gasteiger partial charge in [-0.25, -0.2) is 4.39 Å². The summed E-state index contributed by atoms with van der Waals surface area (Å²) >= 11 is 11.1. The van der Waals surface area contributed by atoms with Crippen molar-refractivity contribution in [2.24, 2.45) is 0 Å². The van der Waals surface area contributed by atoms with Gasteiger partial charge in [-0.15, -0.1) is 0 Å². The lowest BCUT2D eigenvalue weighted by Crippen LogP contribution is -2.35. The molecule has 0 atom stereocenters. The fourth-order valence-electron chi connectivity index (χ4n) is 2.05. The van der Waals surface area contributed by atoms with Gasteiger partial charge < -0.3 is 10.2 Å². The zero-order valence-corrected chi connectivity index (χ0v) is 11.7. The Kier molecular flexibility index (Phi) is 4.78. The Morgan fingerprint density at radius 3 is 2.50 bits per heavy atom. The number of halogens is 2. The van der Waals surface area contributed by atoms with E-state index in [0.717, 1.165) is 18.8 Å². The minimum Gasteiger partial charge on any atom is -0.349 e. The second kappa shape index (κ2) is 6.34. The Labute approximate surface area is 117 Å². The van der Waals surface area contributed by atoms with Gasteiger partial charge in [0, 0.05) is 18.8 Å². The largest absolute Gasteiger partial charge is 0.349 e. The van der Waals surface area contributed by atoms with Crippen molar-refractivity contribution in [3.8, 4) is 0 Å². The summed E-state index contributed by atoms with van der Waals surface area (Å²) in [5.74, 6) is -0.414. The molecule has 0 aromatic heterocycles. The molecular weight excluding hydrogens is 271 g/mol. The van der Waals surface area contributed by atoms with E-state index in [1.807, 2.05) is 0 Å². The number of thiocarbonyl (C=S) groups is 1. The molecule has 2 nitrogen and oxygen atoms in total. The summed E-state index contributed by atoms with van der Waals surface area (Å²) in [5, 5.41) is 3.92. The first-order valence-electron chi connectivity index (χ1n) is 6.18. The number of nitrogens with one attached hydrogen (secondary N) is 1. The number of hydrogen-bond donors (Lipinski definition) is 1. The van der Waals surface area contributed by atoms with Crippen LogP contribution < -0.4 is 5.32 Å². The van der Waals surface area contributed by atoms with Gasteiger partial charge in [0.1, 0.15) is 5.82 Å². The molecule has 0 aliphatic carbocycles. The molecule has 1 fully saturated rings. The van der Waals surface area contributed by atoms with Crippen molar-refractivity contribution >= 4 is 34.6 Å². The second-order valence-electron chi connectivity index (χ2n) is 4.46. The van der Waals surface area contributed by atoms with Crippen LogP contribution in [0.2, 0.25) is 5.02 Å². The van der Waals surface area contributed by atoms with E-state index in [0.29, 0.717) is 5.11 Å². The van der Waals surface area contributed by atoms with Gasteiger partial charge in [-0.1, -0.05) is 24.4 Å². The maximum atomic E-state index is 13.0. The van der Waals surface area contributed by atoms with Crippen LogP contribution >= 0.6 is 23.8 Å². The topological polar surface area (TPSA) is 15.3 Å². The molecule has 1 N–H and O–H groups in total. The fraction of sp³-hybridized carbons (Fsp3) is 0.462. The van der Waals surface area contributed by atoms with Crippen molar-refractivity contribution in [2.75, 3.05) is 18.4 Å². The molecule has 98 valence electrons. The lowest BCUT2D eigenvalue weighted by atomic mass is 10.2. The van der Waals surface area contributed by atoms with Crippen molar-refractivity contribution in [1.29, 1.82) is 0 Å². The first-order chi connectivity index (χ1) is 8.66. The minimum absolute atomic E-state index is 0.110. The molecule has 18 heavy (non-hydrogen) atoms. The van der Waals surface area contributed by atoms with Crippen LogP contribution in [0.1, 0.15) is 25.7 Å². The third-order valence-corrected chi connectivity index (χ3v) is 3.71. The molecule has 1 aromatic carbocycles. The van der Waals surface area contributed by atoms with Crippen LogP contribution in [0.4, 0.5) is 10.1 Å². The monoisotopic (exact) mass is 286 g/mol. The van der Waals surface area contributed by atoms with Gasteiger partial charge in [0.15, 0.2) is 5.11 Å². The second-order valence-corrected chi connectivity index (χ2v) is 5.25. The first-order valence-corrected chi connectivity index (χ1v) is 6.96. The highest BCUT2D eigenvalue weighted by atomic mass is 35.5. The Balaban J connectivity index is 1.99. The van der Waals surface area contributed by atoms with E-state index in [4.69, 9.17) is 23.8 Å². The maximum absolute atomic E-state index is 13.0. The average molecular weight is 287 g/mol. The lowest BCUT2D eigenvalue weighted by molar-refractivity contribution is 0.441. The molecule has 1 saturated heterocycles. The summed E-state index contributed by atoms with van der Waals surface area (Å²) in [4.78, 5) is 2.17. The fourth-order valence-corrected chi connectivity index (χ4v) is 2.53. The van der Waals surface area contributed by atoms with E-state index in [9.17, 15) is 4.39 Å². The van der Waals surface area contributed by atoms with Crippen LogP contribution in [-0.4, -0.2) is 23.1 Å². The molecule has 0 amide bonds. The van der Waals surface area contributed by atoms with E-state index in [1.165, 1.54) is 31.7 Å². The standard InChI is InChI=1S/C13H16ClFN2S/c14-11-9-10(5-6-12(11)15)16-13(18)17-7-3-1-2-4-8-17/h5-6,9H,1-4,7-8H2,(H,16,18). The molecular formula is C13H16ClFN2S. The quantitative estimate of drug-likeness (QED) is 0.784. The molecule has 5 heteroatoms. The Morgan fingerprint density at radius 2 is 1.89 bits per heavy atom. The highest BCUT2D eigenvalue weighted by Gasteiger charge is 2.12. The molecule has 1 aliphatic rings. The van der Waals surface area contributed by atoms with Gasteiger partial charge in [0.05, 0.1) is 5.02 Å². The molecule has 1 aromatic rings. The zero-order valence-electron chi connectivity index (χ0n) is 10.1. The minimum atomic E-state index is -0.414. The summed E-state index contributed by atoms with van der Waals surface area (Å²) in [6.45, 7) is 1.97. The SMILES string of the molecule is Fc1ccc(NC(=S)N2CCCCCC2)cc1Cl. The number of likely N-dealkylation sites (tertiary alicyclic amines) is 1. The van der Waals surface area contributed by atoms with Crippen molar-refractivity contribution in [2.45, 2.75) is 25.7 Å². The Morgan fingerprint density at radius 1 is 1.22 bits per heavy atom. The molecule has 2 rings (SSSR count). The molecule has 0 radical (unpaired) electrons. The summed E-state index contributed by atoms with van der Waals surface area (Å²) in [6.07, 6.45) is 4.88. The average Bonchev–Trinajstić information content (AvgIpc) is 2.62. The molecule has 0 unspecified atom stereocenters. The predicted molar refractivity (Wildman–Crippen MR) is 77.7 cm³/mol. The molecule has 1 aliphatic heterocycles. The molecule has 0 spiro atoms. The molecule has 0 bridgehead atoms. The Hall–Kier alpha value is -0.870. The van der Waals surface area contributed by atoms with E-state index in [2.05, 4.69) is 10.2 Å². The van der Waals surface area contributed by atoms with Gasteiger partial charge in [-0.2, -0.15) is 0 Å². The number of benzene rings is 1. The van der Waals surface area contributed by atoms with E-state index < -0.39 is 5.82 Å². The highest BCUT2D eigenvalue weighted by molar-refractivity contribution is 7.80. The van der Waals surface area contributed by atoms with Crippen molar-refractivity contribution in [3.05, 3.63) is 29.0 Å². The highest BCUT2D eigenvalue weighted by Crippen LogP contribution is 2.20. The maximum Gasteiger partial charge on any atom is 0.173 e. The van der Waals surface area contributed by atoms with E-state index >= 15 is 0 Å². The smallest absolute Gasteiger partial charge is 0.173 e. The lowest BCUT2D eigenvalue weighted by Gasteiger charge is -2.24. The van der Waals surface area contributed by atoms with Crippen LogP contribution in [0.3, 0.4) is 0 Å². The number of hydrogen-bond acceptors (Lipinski definition) is 1. The van der Waals surface area contributed by atoms with Crippen molar-refractivity contribution in [1.82, 2.24) is 4.90 Å². The van der Waals surface area contributed by atoms with Crippen LogP contribution in [0, 0.1) is 5.82 Å². The van der Waals surface area contributed by atoms with Crippen molar-refractivity contribution < 1.29 is 4.39 Å². The Bertz CT molecular complexity index is 431. The summed E-state index contributed by atoms with van der Waals surface area (Å²) in [6, 6.07) is 4.54. The normalized spacial score (nSPS) is 16.2. The summed E-state index contributed by atoms with van der Waals surface area (Å²) in [7, 11) is 0. The van der Waals surface area contributed by atoms with Gasteiger partial charge in [0.2, 0.25) is 0 Å². The van der Waals surface area contributed by atoms with Gasteiger partial charge >= 0.3 is 0 Å². The molecule has 0 saturated carbocycles. The number of rotatable bonds is 1. The number of nitrogens with zero attached hydrogens (tertiary/aromatic N) is 1. The third kappa shape index (κ3) is 3.56. The predicted octanol–water partition coefficient (Wildman–Crippen LogP) is 4.05.